The standard InChI is InChI=1S/C11H16N4/c1-8(2)9-6-5-7-15-10(9)12-11(13-15)14(3)4/h5-8H,1-4H3. The number of aromatic nitrogens is 3. The lowest BCUT2D eigenvalue weighted by atomic mass is 10.1. The molecule has 0 amide bonds. The van der Waals surface area contributed by atoms with Crippen molar-refractivity contribution in [1.82, 2.24) is 14.6 Å². The fourth-order valence-electron chi connectivity index (χ4n) is 1.56. The molecule has 0 aliphatic carbocycles. The summed E-state index contributed by atoms with van der Waals surface area (Å²) in [6.45, 7) is 4.33. The third-order valence-electron chi connectivity index (χ3n) is 2.40. The molecule has 0 saturated carbocycles. The molecule has 0 saturated heterocycles. The largest absolute Gasteiger partial charge is 0.346 e. The van der Waals surface area contributed by atoms with Crippen molar-refractivity contribution >= 4 is 11.6 Å². The van der Waals surface area contributed by atoms with Gasteiger partial charge in [-0.15, -0.1) is 5.10 Å². The molecule has 0 fully saturated rings. The molecule has 2 aromatic rings. The Morgan fingerprint density at radius 1 is 1.33 bits per heavy atom. The maximum Gasteiger partial charge on any atom is 0.245 e. The molecule has 0 radical (unpaired) electrons. The van der Waals surface area contributed by atoms with Crippen molar-refractivity contribution in [2.45, 2.75) is 19.8 Å². The zero-order chi connectivity index (χ0) is 11.0. The van der Waals surface area contributed by atoms with Crippen LogP contribution in [0.15, 0.2) is 18.3 Å². The van der Waals surface area contributed by atoms with Crippen LogP contribution in [0.5, 0.6) is 0 Å². The fourth-order valence-corrected chi connectivity index (χ4v) is 1.56. The van der Waals surface area contributed by atoms with Gasteiger partial charge in [0.15, 0.2) is 5.65 Å². The molecule has 0 N–H and O–H groups in total. The molecule has 4 heteroatoms. The van der Waals surface area contributed by atoms with Crippen molar-refractivity contribution in [1.29, 1.82) is 0 Å². The minimum absolute atomic E-state index is 0.466. The normalized spacial score (nSPS) is 11.3. The predicted molar refractivity (Wildman–Crippen MR) is 61.4 cm³/mol. The van der Waals surface area contributed by atoms with Gasteiger partial charge >= 0.3 is 0 Å². The maximum atomic E-state index is 4.51. The van der Waals surface area contributed by atoms with Gasteiger partial charge in [0, 0.05) is 20.3 Å². The van der Waals surface area contributed by atoms with E-state index in [0.717, 1.165) is 11.6 Å². The molecule has 0 aromatic carbocycles. The summed E-state index contributed by atoms with van der Waals surface area (Å²) >= 11 is 0. The summed E-state index contributed by atoms with van der Waals surface area (Å²) < 4.78 is 1.84. The number of hydrogen-bond acceptors (Lipinski definition) is 3. The summed E-state index contributed by atoms with van der Waals surface area (Å²) in [5.41, 5.74) is 2.19. The summed E-state index contributed by atoms with van der Waals surface area (Å²) in [7, 11) is 3.90. The Hall–Kier alpha value is -1.58. The lowest BCUT2D eigenvalue weighted by molar-refractivity contribution is 0.850. The molecular weight excluding hydrogens is 188 g/mol. The van der Waals surface area contributed by atoms with Gasteiger partial charge in [-0.05, 0) is 17.5 Å². The maximum absolute atomic E-state index is 4.51. The van der Waals surface area contributed by atoms with E-state index in [4.69, 9.17) is 0 Å². The number of pyridine rings is 1. The minimum Gasteiger partial charge on any atom is -0.346 e. The molecular formula is C11H16N4. The van der Waals surface area contributed by atoms with Crippen LogP contribution in [0, 0.1) is 0 Å². The van der Waals surface area contributed by atoms with Crippen LogP contribution in [-0.2, 0) is 0 Å². The van der Waals surface area contributed by atoms with Crippen LogP contribution < -0.4 is 4.90 Å². The second-order valence-electron chi connectivity index (χ2n) is 4.19. The van der Waals surface area contributed by atoms with Crippen molar-refractivity contribution in [3.8, 4) is 0 Å². The van der Waals surface area contributed by atoms with E-state index in [1.54, 1.807) is 0 Å². The number of nitrogens with zero attached hydrogens (tertiary/aromatic N) is 4. The van der Waals surface area contributed by atoms with Crippen LogP contribution in [0.25, 0.3) is 5.65 Å². The smallest absolute Gasteiger partial charge is 0.245 e. The lowest BCUT2D eigenvalue weighted by Crippen LogP contribution is -2.10. The van der Waals surface area contributed by atoms with Gasteiger partial charge in [-0.2, -0.15) is 4.98 Å². The Balaban J connectivity index is 2.64. The van der Waals surface area contributed by atoms with Gasteiger partial charge in [-0.3, -0.25) is 0 Å². The molecule has 15 heavy (non-hydrogen) atoms. The zero-order valence-corrected chi connectivity index (χ0v) is 9.60. The van der Waals surface area contributed by atoms with Crippen molar-refractivity contribution in [2.24, 2.45) is 0 Å². The lowest BCUT2D eigenvalue weighted by Gasteiger charge is -2.05. The van der Waals surface area contributed by atoms with E-state index in [0.29, 0.717) is 5.92 Å². The van der Waals surface area contributed by atoms with Crippen LogP contribution in [0.4, 0.5) is 5.95 Å². The average Bonchev–Trinajstić information content (AvgIpc) is 2.60. The number of fused-ring (bicyclic) bond motifs is 1. The highest BCUT2D eigenvalue weighted by atomic mass is 15.4. The first-order valence-corrected chi connectivity index (χ1v) is 5.12. The van der Waals surface area contributed by atoms with Gasteiger partial charge in [0.25, 0.3) is 0 Å². The first-order valence-electron chi connectivity index (χ1n) is 5.12. The monoisotopic (exact) mass is 204 g/mol. The quantitative estimate of drug-likeness (QED) is 0.749. The van der Waals surface area contributed by atoms with Gasteiger partial charge in [0.2, 0.25) is 5.95 Å². The molecule has 2 heterocycles. The Morgan fingerprint density at radius 2 is 2.07 bits per heavy atom. The van der Waals surface area contributed by atoms with Crippen LogP contribution >= 0.6 is 0 Å². The van der Waals surface area contributed by atoms with Crippen LogP contribution in [-0.4, -0.2) is 28.7 Å². The van der Waals surface area contributed by atoms with Crippen LogP contribution in [0.2, 0.25) is 0 Å². The molecule has 0 spiro atoms. The van der Waals surface area contributed by atoms with E-state index < -0.39 is 0 Å². The van der Waals surface area contributed by atoms with Crippen LogP contribution in [0.3, 0.4) is 0 Å². The minimum atomic E-state index is 0.466. The van der Waals surface area contributed by atoms with Gasteiger partial charge in [0.1, 0.15) is 0 Å². The molecule has 0 bridgehead atoms. The summed E-state index contributed by atoms with van der Waals surface area (Å²) in [5.74, 6) is 1.22. The van der Waals surface area contributed by atoms with Crippen molar-refractivity contribution < 1.29 is 0 Å². The third-order valence-corrected chi connectivity index (χ3v) is 2.40. The molecule has 0 unspecified atom stereocenters. The Morgan fingerprint density at radius 3 is 2.67 bits per heavy atom. The molecule has 0 aliphatic heterocycles. The topological polar surface area (TPSA) is 33.4 Å². The van der Waals surface area contributed by atoms with E-state index >= 15 is 0 Å². The highest BCUT2D eigenvalue weighted by Crippen LogP contribution is 2.20. The third kappa shape index (κ3) is 1.67. The second-order valence-corrected chi connectivity index (χ2v) is 4.19. The van der Waals surface area contributed by atoms with Gasteiger partial charge < -0.3 is 4.90 Å². The van der Waals surface area contributed by atoms with E-state index in [-0.39, 0.29) is 0 Å². The Labute approximate surface area is 89.5 Å². The van der Waals surface area contributed by atoms with E-state index in [9.17, 15) is 0 Å². The SMILES string of the molecule is CC(C)c1cccn2nc(N(C)C)nc12. The zero-order valence-electron chi connectivity index (χ0n) is 9.60. The van der Waals surface area contributed by atoms with Crippen molar-refractivity contribution in [3.63, 3.8) is 0 Å². The van der Waals surface area contributed by atoms with E-state index in [1.165, 1.54) is 5.56 Å². The van der Waals surface area contributed by atoms with E-state index in [2.05, 4.69) is 30.0 Å². The fraction of sp³-hybridized carbons (Fsp3) is 0.455. The van der Waals surface area contributed by atoms with Crippen molar-refractivity contribution in [2.75, 3.05) is 19.0 Å². The van der Waals surface area contributed by atoms with Gasteiger partial charge in [-0.1, -0.05) is 19.9 Å². The average molecular weight is 204 g/mol. The highest BCUT2D eigenvalue weighted by Gasteiger charge is 2.10. The summed E-state index contributed by atoms with van der Waals surface area (Å²) in [6.07, 6.45) is 1.93. The number of hydrogen-bond donors (Lipinski definition) is 0. The van der Waals surface area contributed by atoms with Crippen molar-refractivity contribution in [3.05, 3.63) is 23.9 Å². The molecule has 80 valence electrons. The Kier molecular flexibility index (Phi) is 2.34. The molecule has 4 nitrogen and oxygen atoms in total. The van der Waals surface area contributed by atoms with E-state index in [1.807, 2.05) is 35.8 Å². The first-order chi connectivity index (χ1) is 7.09. The summed E-state index contributed by atoms with van der Waals surface area (Å²) in [4.78, 5) is 6.42. The summed E-state index contributed by atoms with van der Waals surface area (Å²) in [6, 6.07) is 4.12. The van der Waals surface area contributed by atoms with Gasteiger partial charge in [-0.25, -0.2) is 4.52 Å². The number of rotatable bonds is 2. The van der Waals surface area contributed by atoms with Gasteiger partial charge in [0.05, 0.1) is 0 Å². The first kappa shape index (κ1) is 9.96. The second kappa shape index (κ2) is 3.53. The molecule has 0 aliphatic rings. The predicted octanol–water partition coefficient (Wildman–Crippen LogP) is 1.92. The number of anilines is 1. The molecule has 2 rings (SSSR count). The van der Waals surface area contributed by atoms with Crippen LogP contribution in [0.1, 0.15) is 25.3 Å². The highest BCUT2D eigenvalue weighted by molar-refractivity contribution is 5.52. The molecule has 2 aromatic heterocycles. The summed E-state index contributed by atoms with van der Waals surface area (Å²) in [5, 5.41) is 4.39. The molecule has 0 atom stereocenters. The Bertz CT molecular complexity index is 470.